The van der Waals surface area contributed by atoms with Crippen LogP contribution in [0.1, 0.15) is 58.1 Å². The number of hydrogen-bond acceptors (Lipinski definition) is 5. The van der Waals surface area contributed by atoms with Gasteiger partial charge in [-0.15, -0.1) is 11.8 Å². The van der Waals surface area contributed by atoms with Crippen molar-refractivity contribution in [1.29, 1.82) is 0 Å². The Labute approximate surface area is 184 Å². The average Bonchev–Trinajstić information content (AvgIpc) is 3.13. The first kappa shape index (κ1) is 24.3. The van der Waals surface area contributed by atoms with Gasteiger partial charge in [0.25, 0.3) is 0 Å². The highest BCUT2D eigenvalue weighted by Gasteiger charge is 2.42. The molecule has 1 aliphatic rings. The molecule has 1 N–H and O–H groups in total. The van der Waals surface area contributed by atoms with Crippen molar-refractivity contribution in [2.24, 2.45) is 5.92 Å². The van der Waals surface area contributed by atoms with Crippen molar-refractivity contribution in [2.45, 2.75) is 64.8 Å². The number of benzene rings is 1. The minimum Gasteiger partial charge on any atom is -0.466 e. The molecule has 1 heterocycles. The quantitative estimate of drug-likeness (QED) is 0.603. The number of hydrogen-bond donors (Lipinski definition) is 1. The summed E-state index contributed by atoms with van der Waals surface area (Å²) in [7, 11) is 0. The summed E-state index contributed by atoms with van der Waals surface area (Å²) in [6.07, 6.45) is 1.17. The van der Waals surface area contributed by atoms with E-state index in [0.717, 1.165) is 12.0 Å². The highest BCUT2D eigenvalue weighted by molar-refractivity contribution is 8.00. The van der Waals surface area contributed by atoms with Gasteiger partial charge in [0.1, 0.15) is 6.04 Å². The molecule has 0 radical (unpaired) electrons. The van der Waals surface area contributed by atoms with E-state index < -0.39 is 6.04 Å². The van der Waals surface area contributed by atoms with Gasteiger partial charge in [0.15, 0.2) is 0 Å². The van der Waals surface area contributed by atoms with Crippen LogP contribution in [0.3, 0.4) is 0 Å². The van der Waals surface area contributed by atoms with E-state index in [1.165, 1.54) is 12.5 Å². The Morgan fingerprint density at radius 1 is 1.20 bits per heavy atom. The summed E-state index contributed by atoms with van der Waals surface area (Å²) in [6, 6.07) is 8.05. The second kappa shape index (κ2) is 11.4. The van der Waals surface area contributed by atoms with E-state index in [1.54, 1.807) is 23.6 Å². The molecule has 0 aliphatic carbocycles. The van der Waals surface area contributed by atoms with Crippen molar-refractivity contribution in [3.8, 4) is 0 Å². The van der Waals surface area contributed by atoms with Crippen LogP contribution in [0.4, 0.5) is 0 Å². The van der Waals surface area contributed by atoms with Crippen molar-refractivity contribution in [3.63, 3.8) is 0 Å². The van der Waals surface area contributed by atoms with Gasteiger partial charge >= 0.3 is 5.97 Å². The molecule has 1 aliphatic heterocycles. The van der Waals surface area contributed by atoms with Crippen molar-refractivity contribution in [2.75, 3.05) is 18.9 Å². The number of amides is 2. The molecule has 2 rings (SSSR count). The average molecular weight is 435 g/mol. The highest BCUT2D eigenvalue weighted by Crippen LogP contribution is 2.38. The molecule has 1 saturated heterocycles. The van der Waals surface area contributed by atoms with Gasteiger partial charge < -0.3 is 15.0 Å². The van der Waals surface area contributed by atoms with Crippen molar-refractivity contribution < 1.29 is 19.1 Å². The molecule has 0 saturated carbocycles. The van der Waals surface area contributed by atoms with Gasteiger partial charge in [0, 0.05) is 25.1 Å². The third kappa shape index (κ3) is 6.49. The molecule has 1 fully saturated rings. The van der Waals surface area contributed by atoms with Gasteiger partial charge in [0.2, 0.25) is 11.8 Å². The van der Waals surface area contributed by atoms with Gasteiger partial charge in [-0.3, -0.25) is 14.4 Å². The Morgan fingerprint density at radius 3 is 2.43 bits per heavy atom. The normalized spacial score (nSPS) is 19.6. The topological polar surface area (TPSA) is 75.7 Å². The molecule has 2 amide bonds. The standard InChI is InChI=1S/C23H34N2O4S/c1-6-29-21(27)11-12-24-22(28)20-14-30-23(25(20)17(5)26)16(4)19-9-7-18(8-10-19)13-15(2)3/h7-10,15-16,20,23H,6,11-14H2,1-5H3,(H,24,28)/t16-,20?,23?/m0/s1. The molecular weight excluding hydrogens is 400 g/mol. The Kier molecular flexibility index (Phi) is 9.21. The minimum absolute atomic E-state index is 0.0979. The molecule has 7 heteroatoms. The molecule has 0 aromatic heterocycles. The Bertz CT molecular complexity index is 735. The van der Waals surface area contributed by atoms with E-state index in [0.29, 0.717) is 18.3 Å². The summed E-state index contributed by atoms with van der Waals surface area (Å²) in [5, 5.41) is 2.68. The predicted molar refractivity (Wildman–Crippen MR) is 120 cm³/mol. The Morgan fingerprint density at radius 2 is 1.87 bits per heavy atom. The Balaban J connectivity index is 2.02. The number of thioether (sulfide) groups is 1. The van der Waals surface area contributed by atoms with Gasteiger partial charge in [-0.25, -0.2) is 0 Å². The molecule has 1 aromatic rings. The summed E-state index contributed by atoms with van der Waals surface area (Å²) < 4.78 is 4.88. The first-order chi connectivity index (χ1) is 14.2. The number of nitrogens with zero attached hydrogens (tertiary/aromatic N) is 1. The van der Waals surface area contributed by atoms with Crippen molar-refractivity contribution in [3.05, 3.63) is 35.4 Å². The van der Waals surface area contributed by atoms with Crippen molar-refractivity contribution >= 4 is 29.5 Å². The zero-order chi connectivity index (χ0) is 22.3. The maximum Gasteiger partial charge on any atom is 0.307 e. The Hall–Kier alpha value is -2.02. The van der Waals surface area contributed by atoms with Gasteiger partial charge in [-0.05, 0) is 30.4 Å². The van der Waals surface area contributed by atoms with Crippen LogP contribution in [0.15, 0.2) is 24.3 Å². The first-order valence-corrected chi connectivity index (χ1v) is 11.7. The molecule has 30 heavy (non-hydrogen) atoms. The van der Waals surface area contributed by atoms with Crippen LogP contribution in [0.2, 0.25) is 0 Å². The summed E-state index contributed by atoms with van der Waals surface area (Å²) in [4.78, 5) is 38.2. The van der Waals surface area contributed by atoms with Gasteiger partial charge in [0.05, 0.1) is 18.4 Å². The minimum atomic E-state index is -0.526. The maximum atomic E-state index is 12.7. The number of carbonyl (C=O) groups excluding carboxylic acids is 3. The van der Waals surface area contributed by atoms with E-state index in [-0.39, 0.29) is 42.0 Å². The number of esters is 1. The molecule has 166 valence electrons. The monoisotopic (exact) mass is 434 g/mol. The second-order valence-corrected chi connectivity index (χ2v) is 9.29. The largest absolute Gasteiger partial charge is 0.466 e. The zero-order valence-electron chi connectivity index (χ0n) is 18.6. The molecule has 2 unspecified atom stereocenters. The lowest BCUT2D eigenvalue weighted by atomic mass is 9.96. The molecule has 0 bridgehead atoms. The lowest BCUT2D eigenvalue weighted by Gasteiger charge is -2.31. The third-order valence-corrected chi connectivity index (χ3v) is 6.70. The number of ether oxygens (including phenoxy) is 1. The first-order valence-electron chi connectivity index (χ1n) is 10.7. The van der Waals surface area contributed by atoms with E-state index in [4.69, 9.17) is 4.74 Å². The number of nitrogens with one attached hydrogen (secondary N) is 1. The molecule has 6 nitrogen and oxygen atoms in total. The number of rotatable bonds is 9. The summed E-state index contributed by atoms with van der Waals surface area (Å²) >= 11 is 1.63. The molecule has 3 atom stereocenters. The lowest BCUT2D eigenvalue weighted by molar-refractivity contribution is -0.143. The zero-order valence-corrected chi connectivity index (χ0v) is 19.5. The van der Waals surface area contributed by atoms with Crippen LogP contribution < -0.4 is 5.32 Å². The summed E-state index contributed by atoms with van der Waals surface area (Å²) in [5.41, 5.74) is 2.47. The highest BCUT2D eigenvalue weighted by atomic mass is 32.2. The SMILES string of the molecule is CCOC(=O)CCNC(=O)C1CSC([C@@H](C)c2ccc(CC(C)C)cc2)N1C(C)=O. The van der Waals surface area contributed by atoms with E-state index in [9.17, 15) is 14.4 Å². The van der Waals surface area contributed by atoms with Gasteiger partial charge in [-0.2, -0.15) is 0 Å². The van der Waals surface area contributed by atoms with Crippen LogP contribution in [-0.2, 0) is 25.5 Å². The van der Waals surface area contributed by atoms with Crippen LogP contribution in [0.5, 0.6) is 0 Å². The lowest BCUT2D eigenvalue weighted by Crippen LogP contribution is -2.50. The fourth-order valence-electron chi connectivity index (χ4n) is 3.75. The fraction of sp³-hybridized carbons (Fsp3) is 0.609. The smallest absolute Gasteiger partial charge is 0.307 e. The molecule has 1 aromatic carbocycles. The van der Waals surface area contributed by atoms with E-state index in [2.05, 4.69) is 50.4 Å². The summed E-state index contributed by atoms with van der Waals surface area (Å²) in [6.45, 7) is 10.3. The van der Waals surface area contributed by atoms with Crippen LogP contribution >= 0.6 is 11.8 Å². The maximum absolute atomic E-state index is 12.7. The molecular formula is C23H34N2O4S. The van der Waals surface area contributed by atoms with Crippen molar-refractivity contribution in [1.82, 2.24) is 10.2 Å². The molecule has 0 spiro atoms. The second-order valence-electron chi connectivity index (χ2n) is 8.14. The summed E-state index contributed by atoms with van der Waals surface area (Å²) in [5.74, 6) is 0.585. The predicted octanol–water partition coefficient (Wildman–Crippen LogP) is 3.35. The number of carbonyl (C=O) groups is 3. The van der Waals surface area contributed by atoms with Crippen LogP contribution in [-0.4, -0.2) is 53.0 Å². The van der Waals surface area contributed by atoms with Crippen LogP contribution in [0.25, 0.3) is 0 Å². The van der Waals surface area contributed by atoms with E-state index >= 15 is 0 Å². The van der Waals surface area contributed by atoms with E-state index in [1.807, 2.05) is 0 Å². The van der Waals surface area contributed by atoms with Gasteiger partial charge in [-0.1, -0.05) is 45.0 Å². The van der Waals surface area contributed by atoms with Crippen LogP contribution in [0, 0.1) is 5.92 Å². The third-order valence-electron chi connectivity index (χ3n) is 5.21. The fourth-order valence-corrected chi connectivity index (χ4v) is 5.34.